The van der Waals surface area contributed by atoms with E-state index in [1.54, 1.807) is 0 Å². The number of hydrogen-bond donors (Lipinski definition) is 0. The molecular formula is C6H14O2Zr. The zero-order valence-electron chi connectivity index (χ0n) is 6.14. The molecule has 0 rings (SSSR count). The minimum atomic E-state index is -3.87. The van der Waals surface area contributed by atoms with E-state index < -0.39 is 20.3 Å². The molecule has 0 heterocycles. The second-order valence-electron chi connectivity index (χ2n) is 2.41. The second-order valence-corrected chi connectivity index (χ2v) is 9.35. The van der Waals surface area contributed by atoms with Crippen LogP contribution in [0.4, 0.5) is 0 Å². The van der Waals surface area contributed by atoms with Crippen molar-refractivity contribution in [2.75, 3.05) is 0 Å². The SMILES string of the molecule is CC[CH2][Zr](=[O])(=[O])[CH2]CC. The molecule has 0 aliphatic rings. The minimum absolute atomic E-state index is 0.475. The molecule has 0 unspecified atom stereocenters. The molecule has 0 aromatic carbocycles. The predicted octanol–water partition coefficient (Wildman–Crippen LogP) is 2.49. The summed E-state index contributed by atoms with van der Waals surface area (Å²) in [6, 6.07) is 0. The van der Waals surface area contributed by atoms with Gasteiger partial charge in [0.1, 0.15) is 0 Å². The normalized spacial score (nSPS) is 10.0. The van der Waals surface area contributed by atoms with Gasteiger partial charge in [0.15, 0.2) is 0 Å². The summed E-state index contributed by atoms with van der Waals surface area (Å²) in [4.78, 5) is 0. The molecule has 9 heavy (non-hydrogen) atoms. The molecule has 0 saturated carbocycles. The molecule has 0 spiro atoms. The maximum absolute atomic E-state index is 11.0. The summed E-state index contributed by atoms with van der Waals surface area (Å²) < 4.78 is 22.9. The van der Waals surface area contributed by atoms with Gasteiger partial charge in [-0.25, -0.2) is 0 Å². The zero-order chi connectivity index (χ0) is 7.33. The second kappa shape index (κ2) is 4.32. The van der Waals surface area contributed by atoms with Crippen LogP contribution in [0.3, 0.4) is 0 Å². The topological polar surface area (TPSA) is 34.1 Å². The van der Waals surface area contributed by atoms with E-state index >= 15 is 0 Å². The maximum atomic E-state index is 11.0. The first kappa shape index (κ1) is 9.48. The van der Waals surface area contributed by atoms with Gasteiger partial charge in [-0.05, 0) is 0 Å². The van der Waals surface area contributed by atoms with Crippen LogP contribution < -0.4 is 0 Å². The molecule has 0 N–H and O–H groups in total. The molecule has 2 nitrogen and oxygen atoms in total. The Morgan fingerprint density at radius 3 is 1.56 bits per heavy atom. The van der Waals surface area contributed by atoms with E-state index in [1.807, 2.05) is 13.8 Å². The summed E-state index contributed by atoms with van der Waals surface area (Å²) in [5, 5.41) is 0. The standard InChI is InChI=1S/2C3H7.2O.Zr/c2*1-3-2;;;/h2*1,3H2,2H3;;;. The van der Waals surface area contributed by atoms with Crippen molar-refractivity contribution in [1.82, 2.24) is 0 Å². The van der Waals surface area contributed by atoms with Crippen LogP contribution in [0.1, 0.15) is 26.7 Å². The summed E-state index contributed by atoms with van der Waals surface area (Å²) in [5.41, 5.74) is 0. The van der Waals surface area contributed by atoms with Crippen molar-refractivity contribution >= 4 is 0 Å². The summed E-state index contributed by atoms with van der Waals surface area (Å²) in [7, 11) is 0. The Kier molecular flexibility index (Phi) is 4.55. The monoisotopic (exact) mass is 208 g/mol. The van der Waals surface area contributed by atoms with Crippen LogP contribution in [0.5, 0.6) is 0 Å². The third-order valence-electron chi connectivity index (χ3n) is 1.26. The van der Waals surface area contributed by atoms with E-state index in [2.05, 4.69) is 0 Å². The van der Waals surface area contributed by atoms with Crippen LogP contribution in [0.15, 0.2) is 0 Å². The zero-order valence-corrected chi connectivity index (χ0v) is 8.60. The van der Waals surface area contributed by atoms with Gasteiger partial charge < -0.3 is 0 Å². The Balaban J connectivity index is 3.73. The van der Waals surface area contributed by atoms with Crippen molar-refractivity contribution in [3.05, 3.63) is 0 Å². The Bertz CT molecular complexity index is 134. The number of rotatable bonds is 4. The van der Waals surface area contributed by atoms with Crippen molar-refractivity contribution in [2.24, 2.45) is 0 Å². The Hall–Kier alpha value is 0.483. The average molecular weight is 209 g/mol. The molecule has 0 atom stereocenters. The fourth-order valence-corrected chi connectivity index (χ4v) is 5.25. The first-order chi connectivity index (χ1) is 4.12. The van der Waals surface area contributed by atoms with Crippen LogP contribution >= 0.6 is 0 Å². The summed E-state index contributed by atoms with van der Waals surface area (Å²) in [5.74, 6) is 0. The van der Waals surface area contributed by atoms with Crippen molar-refractivity contribution in [1.29, 1.82) is 0 Å². The van der Waals surface area contributed by atoms with Gasteiger partial charge in [0, 0.05) is 0 Å². The molecule has 0 amide bonds. The summed E-state index contributed by atoms with van der Waals surface area (Å²) >= 11 is -3.87. The molecule has 0 aliphatic heterocycles. The molecule has 3 heteroatoms. The van der Waals surface area contributed by atoms with Crippen LogP contribution in [0.2, 0.25) is 8.26 Å². The number of hydrogen-bond acceptors (Lipinski definition) is 2. The van der Waals surface area contributed by atoms with Gasteiger partial charge in [-0.1, -0.05) is 0 Å². The molecule has 0 fully saturated rings. The van der Waals surface area contributed by atoms with Gasteiger partial charge in [-0.2, -0.15) is 0 Å². The molecule has 0 saturated heterocycles. The molecule has 0 radical (unpaired) electrons. The molecular weight excluding hydrogens is 195 g/mol. The van der Waals surface area contributed by atoms with Crippen molar-refractivity contribution < 1.29 is 25.9 Å². The van der Waals surface area contributed by atoms with Gasteiger partial charge in [-0.15, -0.1) is 0 Å². The van der Waals surface area contributed by atoms with E-state index in [-0.39, 0.29) is 0 Å². The first-order valence-corrected chi connectivity index (χ1v) is 9.01. The van der Waals surface area contributed by atoms with Gasteiger partial charge in [0.05, 0.1) is 0 Å². The van der Waals surface area contributed by atoms with Gasteiger partial charge in [0.25, 0.3) is 0 Å². The third kappa shape index (κ3) is 4.95. The Morgan fingerprint density at radius 2 is 1.33 bits per heavy atom. The van der Waals surface area contributed by atoms with E-state index in [0.29, 0.717) is 8.26 Å². The fraction of sp³-hybridized carbons (Fsp3) is 1.00. The quantitative estimate of drug-likeness (QED) is 0.713. The van der Waals surface area contributed by atoms with Gasteiger partial charge in [-0.3, -0.25) is 0 Å². The Labute approximate surface area is 60.9 Å². The van der Waals surface area contributed by atoms with E-state index in [1.165, 1.54) is 0 Å². The van der Waals surface area contributed by atoms with Crippen LogP contribution in [-0.2, 0) is 25.9 Å². The first-order valence-electron chi connectivity index (χ1n) is 3.53. The van der Waals surface area contributed by atoms with Crippen molar-refractivity contribution in [3.8, 4) is 0 Å². The average Bonchev–Trinajstić information content (AvgIpc) is 1.64. The molecule has 54 valence electrons. The van der Waals surface area contributed by atoms with Crippen molar-refractivity contribution in [3.63, 3.8) is 0 Å². The summed E-state index contributed by atoms with van der Waals surface area (Å²) in [6.45, 7) is 3.83. The van der Waals surface area contributed by atoms with Gasteiger partial charge >= 0.3 is 60.8 Å². The van der Waals surface area contributed by atoms with Crippen LogP contribution in [0, 0.1) is 0 Å². The molecule has 0 aromatic rings. The van der Waals surface area contributed by atoms with Gasteiger partial charge in [0.2, 0.25) is 0 Å². The van der Waals surface area contributed by atoms with Crippen molar-refractivity contribution in [2.45, 2.75) is 34.9 Å². The third-order valence-corrected chi connectivity index (χ3v) is 7.46. The van der Waals surface area contributed by atoms with Crippen LogP contribution in [-0.4, -0.2) is 0 Å². The van der Waals surface area contributed by atoms with E-state index in [9.17, 15) is 5.63 Å². The molecule has 0 aliphatic carbocycles. The molecule has 0 aromatic heterocycles. The molecule has 0 bridgehead atoms. The summed E-state index contributed by atoms with van der Waals surface area (Å²) in [6.07, 6.45) is 1.59. The van der Waals surface area contributed by atoms with Crippen LogP contribution in [0.25, 0.3) is 0 Å². The van der Waals surface area contributed by atoms with E-state index in [0.717, 1.165) is 12.8 Å². The predicted molar refractivity (Wildman–Crippen MR) is 31.6 cm³/mol. The Morgan fingerprint density at radius 1 is 1.00 bits per heavy atom. The van der Waals surface area contributed by atoms with E-state index in [4.69, 9.17) is 0 Å². The fourth-order valence-electron chi connectivity index (χ4n) is 0.887.